The topological polar surface area (TPSA) is 72.7 Å². The zero-order valence-electron chi connectivity index (χ0n) is 17.1. The first-order chi connectivity index (χ1) is 14.5. The summed E-state index contributed by atoms with van der Waals surface area (Å²) in [5.41, 5.74) is 4.65. The van der Waals surface area contributed by atoms with Crippen molar-refractivity contribution in [3.05, 3.63) is 76.8 Å². The van der Waals surface area contributed by atoms with Gasteiger partial charge in [-0.1, -0.05) is 11.6 Å². The predicted molar refractivity (Wildman–Crippen MR) is 119 cm³/mol. The molecular weight excluding hydrogens is 398 g/mol. The molecule has 1 amide bonds. The minimum atomic E-state index is -0.193. The largest absolute Gasteiger partial charge is 0.345 e. The Balaban J connectivity index is 1.75. The molecule has 3 aromatic heterocycles. The minimum absolute atomic E-state index is 0.189. The van der Waals surface area contributed by atoms with Crippen LogP contribution >= 0.6 is 11.6 Å². The molecule has 7 heteroatoms. The third kappa shape index (κ3) is 3.91. The molecule has 30 heavy (non-hydrogen) atoms. The van der Waals surface area contributed by atoms with Crippen LogP contribution in [0, 0.1) is 6.92 Å². The summed E-state index contributed by atoms with van der Waals surface area (Å²) in [5, 5.41) is 8.84. The Bertz CT molecular complexity index is 1220. The van der Waals surface area contributed by atoms with Gasteiger partial charge >= 0.3 is 0 Å². The molecule has 0 aliphatic carbocycles. The highest BCUT2D eigenvalue weighted by atomic mass is 35.5. The first-order valence-corrected chi connectivity index (χ1v) is 10.2. The molecule has 0 radical (unpaired) electrons. The summed E-state index contributed by atoms with van der Waals surface area (Å²) in [6, 6.07) is 10.7. The van der Waals surface area contributed by atoms with Crippen LogP contribution < -0.4 is 5.32 Å². The highest BCUT2D eigenvalue weighted by Gasteiger charge is 2.19. The highest BCUT2D eigenvalue weighted by molar-refractivity contribution is 6.31. The second-order valence-electron chi connectivity index (χ2n) is 7.18. The molecule has 4 aromatic rings. The maximum absolute atomic E-state index is 13.3. The number of aryl methyl sites for hydroxylation is 2. The van der Waals surface area contributed by atoms with E-state index < -0.39 is 0 Å². The summed E-state index contributed by atoms with van der Waals surface area (Å²) >= 11 is 6.21. The van der Waals surface area contributed by atoms with Crippen molar-refractivity contribution >= 4 is 28.4 Å². The summed E-state index contributed by atoms with van der Waals surface area (Å²) in [6.07, 6.45) is 5.41. The van der Waals surface area contributed by atoms with E-state index in [1.165, 1.54) is 0 Å². The Labute approximate surface area is 179 Å². The predicted octanol–water partition coefficient (Wildman–Crippen LogP) is 4.97. The fraction of sp³-hybridized carbons (Fsp3) is 0.217. The van der Waals surface area contributed by atoms with Crippen molar-refractivity contribution in [1.29, 1.82) is 0 Å². The molecule has 0 aliphatic rings. The molecule has 0 saturated heterocycles. The van der Waals surface area contributed by atoms with Crippen LogP contribution in [0.15, 0.2) is 55.0 Å². The van der Waals surface area contributed by atoms with E-state index in [1.54, 1.807) is 30.6 Å². The van der Waals surface area contributed by atoms with Crippen molar-refractivity contribution in [2.45, 2.75) is 33.4 Å². The van der Waals surface area contributed by atoms with Crippen LogP contribution in [0.2, 0.25) is 5.02 Å². The molecule has 4 rings (SSSR count). The standard InChI is InChI=1S/C23H22ClN5O/c1-4-29-13-20(15(3)28-29)14(2)26-23(30)19-11-22(16-6-5-9-25-12-16)27-21-8-7-17(24)10-18(19)21/h5-14H,4H2,1-3H3,(H,26,30)/t14-/m0/s1. The second kappa shape index (κ2) is 8.24. The van der Waals surface area contributed by atoms with Gasteiger partial charge in [-0.2, -0.15) is 5.10 Å². The molecule has 1 aromatic carbocycles. The van der Waals surface area contributed by atoms with Gasteiger partial charge in [0.2, 0.25) is 0 Å². The number of aromatic nitrogens is 4. The van der Waals surface area contributed by atoms with Crippen molar-refractivity contribution < 1.29 is 4.79 Å². The lowest BCUT2D eigenvalue weighted by molar-refractivity contribution is 0.0941. The summed E-state index contributed by atoms with van der Waals surface area (Å²) in [4.78, 5) is 22.2. The Morgan fingerprint density at radius 1 is 1.27 bits per heavy atom. The molecule has 0 unspecified atom stereocenters. The van der Waals surface area contributed by atoms with Crippen LogP contribution in [0.25, 0.3) is 22.2 Å². The van der Waals surface area contributed by atoms with Gasteiger partial charge in [0.15, 0.2) is 0 Å². The van der Waals surface area contributed by atoms with Crippen LogP contribution in [0.5, 0.6) is 0 Å². The number of carbonyl (C=O) groups excluding carboxylic acids is 1. The number of fused-ring (bicyclic) bond motifs is 1. The molecule has 0 saturated carbocycles. The summed E-state index contributed by atoms with van der Waals surface area (Å²) in [6.45, 7) is 6.72. The summed E-state index contributed by atoms with van der Waals surface area (Å²) in [7, 11) is 0. The zero-order valence-corrected chi connectivity index (χ0v) is 17.8. The first-order valence-electron chi connectivity index (χ1n) is 9.81. The molecule has 3 heterocycles. The molecule has 0 bridgehead atoms. The average molecular weight is 420 g/mol. The number of nitrogens with zero attached hydrogens (tertiary/aromatic N) is 4. The van der Waals surface area contributed by atoms with Gasteiger partial charge in [0, 0.05) is 46.7 Å². The number of nitrogens with one attached hydrogen (secondary N) is 1. The molecule has 1 N–H and O–H groups in total. The van der Waals surface area contributed by atoms with E-state index in [-0.39, 0.29) is 11.9 Å². The number of rotatable bonds is 5. The lowest BCUT2D eigenvalue weighted by atomic mass is 10.0. The van der Waals surface area contributed by atoms with Gasteiger partial charge in [0.1, 0.15) is 0 Å². The number of benzene rings is 1. The van der Waals surface area contributed by atoms with E-state index >= 15 is 0 Å². The number of pyridine rings is 2. The molecule has 0 aliphatic heterocycles. The Morgan fingerprint density at radius 2 is 2.10 bits per heavy atom. The number of carbonyl (C=O) groups is 1. The SMILES string of the molecule is CCn1cc([C@H](C)NC(=O)c2cc(-c3cccnc3)nc3ccc(Cl)cc23)c(C)n1. The highest BCUT2D eigenvalue weighted by Crippen LogP contribution is 2.27. The fourth-order valence-electron chi connectivity index (χ4n) is 3.52. The van der Waals surface area contributed by atoms with Gasteiger partial charge in [-0.05, 0) is 57.2 Å². The van der Waals surface area contributed by atoms with Crippen LogP contribution in [-0.2, 0) is 6.54 Å². The number of hydrogen-bond acceptors (Lipinski definition) is 4. The van der Waals surface area contributed by atoms with E-state index in [1.807, 2.05) is 49.8 Å². The Kier molecular flexibility index (Phi) is 5.50. The third-order valence-corrected chi connectivity index (χ3v) is 5.33. The summed E-state index contributed by atoms with van der Waals surface area (Å²) in [5.74, 6) is -0.189. The van der Waals surface area contributed by atoms with Crippen molar-refractivity contribution in [1.82, 2.24) is 25.1 Å². The van der Waals surface area contributed by atoms with Crippen LogP contribution in [0.4, 0.5) is 0 Å². The molecular formula is C23H22ClN5O. The molecule has 152 valence electrons. The van der Waals surface area contributed by atoms with Crippen LogP contribution in [0.3, 0.4) is 0 Å². The molecule has 0 fully saturated rings. The average Bonchev–Trinajstić information content (AvgIpc) is 3.14. The molecule has 1 atom stereocenters. The first kappa shape index (κ1) is 20.0. The summed E-state index contributed by atoms with van der Waals surface area (Å²) < 4.78 is 1.87. The van der Waals surface area contributed by atoms with Gasteiger partial charge < -0.3 is 5.32 Å². The van der Waals surface area contributed by atoms with Crippen molar-refractivity contribution in [3.8, 4) is 11.3 Å². The normalized spacial score (nSPS) is 12.1. The van der Waals surface area contributed by atoms with E-state index in [9.17, 15) is 4.79 Å². The van der Waals surface area contributed by atoms with E-state index in [2.05, 4.69) is 15.4 Å². The van der Waals surface area contributed by atoms with Gasteiger partial charge in [-0.3, -0.25) is 14.5 Å². The zero-order chi connectivity index (χ0) is 21.3. The maximum atomic E-state index is 13.3. The monoisotopic (exact) mass is 419 g/mol. The van der Waals surface area contributed by atoms with Gasteiger partial charge in [-0.25, -0.2) is 4.98 Å². The lowest BCUT2D eigenvalue weighted by Crippen LogP contribution is -2.27. The third-order valence-electron chi connectivity index (χ3n) is 5.10. The maximum Gasteiger partial charge on any atom is 0.252 e. The van der Waals surface area contributed by atoms with Crippen molar-refractivity contribution in [3.63, 3.8) is 0 Å². The Hall–Kier alpha value is -3.25. The van der Waals surface area contributed by atoms with E-state index in [0.717, 1.165) is 23.4 Å². The van der Waals surface area contributed by atoms with E-state index in [0.29, 0.717) is 27.2 Å². The Morgan fingerprint density at radius 3 is 2.80 bits per heavy atom. The number of halogens is 1. The van der Waals surface area contributed by atoms with Crippen LogP contribution in [0.1, 0.15) is 41.5 Å². The minimum Gasteiger partial charge on any atom is -0.345 e. The lowest BCUT2D eigenvalue weighted by Gasteiger charge is -2.15. The number of hydrogen-bond donors (Lipinski definition) is 1. The van der Waals surface area contributed by atoms with Gasteiger partial charge in [-0.15, -0.1) is 0 Å². The van der Waals surface area contributed by atoms with Gasteiger partial charge in [0.05, 0.1) is 28.5 Å². The van der Waals surface area contributed by atoms with Crippen molar-refractivity contribution in [2.24, 2.45) is 0 Å². The smallest absolute Gasteiger partial charge is 0.252 e. The number of amides is 1. The molecule has 6 nitrogen and oxygen atoms in total. The quantitative estimate of drug-likeness (QED) is 0.496. The van der Waals surface area contributed by atoms with E-state index in [4.69, 9.17) is 16.6 Å². The second-order valence-corrected chi connectivity index (χ2v) is 7.62. The van der Waals surface area contributed by atoms with Crippen LogP contribution in [-0.4, -0.2) is 25.7 Å². The molecule has 0 spiro atoms. The van der Waals surface area contributed by atoms with Crippen molar-refractivity contribution in [2.75, 3.05) is 0 Å². The fourth-order valence-corrected chi connectivity index (χ4v) is 3.69. The van der Waals surface area contributed by atoms with Gasteiger partial charge in [0.25, 0.3) is 5.91 Å².